The van der Waals surface area contributed by atoms with E-state index in [0.29, 0.717) is 23.7 Å². The van der Waals surface area contributed by atoms with Crippen LogP contribution in [0.4, 0.5) is 0 Å². The quantitative estimate of drug-likeness (QED) is 0.687. The summed E-state index contributed by atoms with van der Waals surface area (Å²) in [5, 5.41) is 10.1. The molecule has 0 aromatic rings. The molecule has 82 valence electrons. The third kappa shape index (κ3) is 3.13. The van der Waals surface area contributed by atoms with Crippen LogP contribution < -0.4 is 0 Å². The van der Waals surface area contributed by atoms with Gasteiger partial charge in [-0.2, -0.15) is 0 Å². The SMILES string of the molecule is CC(C)CC(O)C1CC(C)C=CC1C. The smallest absolute Gasteiger partial charge is 0.0576 e. The third-order valence-corrected chi connectivity index (χ3v) is 3.27. The zero-order chi connectivity index (χ0) is 10.7. The predicted molar refractivity (Wildman–Crippen MR) is 61.0 cm³/mol. The van der Waals surface area contributed by atoms with Crippen LogP contribution in [-0.4, -0.2) is 11.2 Å². The van der Waals surface area contributed by atoms with Gasteiger partial charge in [0.15, 0.2) is 0 Å². The molecular formula is C13H24O. The van der Waals surface area contributed by atoms with E-state index in [4.69, 9.17) is 0 Å². The molecule has 1 nitrogen and oxygen atoms in total. The number of aliphatic hydroxyl groups is 1. The summed E-state index contributed by atoms with van der Waals surface area (Å²) < 4.78 is 0. The van der Waals surface area contributed by atoms with E-state index in [2.05, 4.69) is 39.8 Å². The van der Waals surface area contributed by atoms with Gasteiger partial charge in [0.1, 0.15) is 0 Å². The minimum absolute atomic E-state index is 0.114. The van der Waals surface area contributed by atoms with Gasteiger partial charge in [0.25, 0.3) is 0 Å². The molecule has 4 unspecified atom stereocenters. The molecule has 4 atom stereocenters. The lowest BCUT2D eigenvalue weighted by Gasteiger charge is -2.32. The third-order valence-electron chi connectivity index (χ3n) is 3.27. The van der Waals surface area contributed by atoms with Crippen molar-refractivity contribution in [2.45, 2.75) is 46.6 Å². The van der Waals surface area contributed by atoms with E-state index in [1.807, 2.05) is 0 Å². The highest BCUT2D eigenvalue weighted by atomic mass is 16.3. The van der Waals surface area contributed by atoms with Crippen molar-refractivity contribution in [1.29, 1.82) is 0 Å². The minimum Gasteiger partial charge on any atom is -0.393 e. The van der Waals surface area contributed by atoms with E-state index in [1.54, 1.807) is 0 Å². The van der Waals surface area contributed by atoms with Crippen LogP contribution in [0.3, 0.4) is 0 Å². The molecule has 0 aromatic carbocycles. The van der Waals surface area contributed by atoms with Crippen LogP contribution in [0.1, 0.15) is 40.5 Å². The van der Waals surface area contributed by atoms with Gasteiger partial charge in [-0.1, -0.05) is 39.8 Å². The molecule has 14 heavy (non-hydrogen) atoms. The van der Waals surface area contributed by atoms with Gasteiger partial charge in [0, 0.05) is 0 Å². The van der Waals surface area contributed by atoms with E-state index in [1.165, 1.54) is 0 Å². The fraction of sp³-hybridized carbons (Fsp3) is 0.846. The number of hydrogen-bond donors (Lipinski definition) is 1. The topological polar surface area (TPSA) is 20.2 Å². The van der Waals surface area contributed by atoms with Gasteiger partial charge in [-0.05, 0) is 36.5 Å². The maximum atomic E-state index is 10.1. The molecule has 0 fully saturated rings. The molecule has 1 aliphatic rings. The molecule has 1 rings (SSSR count). The Labute approximate surface area is 88.2 Å². The highest BCUT2D eigenvalue weighted by molar-refractivity contribution is 5.00. The van der Waals surface area contributed by atoms with E-state index in [0.717, 1.165) is 12.8 Å². The van der Waals surface area contributed by atoms with Gasteiger partial charge in [0.05, 0.1) is 6.10 Å². The molecule has 0 radical (unpaired) electrons. The summed E-state index contributed by atoms with van der Waals surface area (Å²) in [4.78, 5) is 0. The number of hydrogen-bond acceptors (Lipinski definition) is 1. The fourth-order valence-corrected chi connectivity index (χ4v) is 2.40. The van der Waals surface area contributed by atoms with Crippen LogP contribution in [0.2, 0.25) is 0 Å². The summed E-state index contributed by atoms with van der Waals surface area (Å²) in [6.07, 6.45) is 6.52. The molecule has 0 saturated carbocycles. The van der Waals surface area contributed by atoms with Crippen LogP contribution in [-0.2, 0) is 0 Å². The summed E-state index contributed by atoms with van der Waals surface area (Å²) in [5.41, 5.74) is 0. The van der Waals surface area contributed by atoms with Gasteiger partial charge in [-0.15, -0.1) is 0 Å². The van der Waals surface area contributed by atoms with Crippen molar-refractivity contribution in [3.8, 4) is 0 Å². The van der Waals surface area contributed by atoms with Crippen LogP contribution in [0, 0.1) is 23.7 Å². The Morgan fingerprint density at radius 1 is 1.29 bits per heavy atom. The Kier molecular flexibility index (Phi) is 4.18. The molecule has 0 aromatic heterocycles. The number of aliphatic hydroxyl groups excluding tert-OH is 1. The summed E-state index contributed by atoms with van der Waals surface area (Å²) >= 11 is 0. The van der Waals surface area contributed by atoms with Crippen molar-refractivity contribution in [3.63, 3.8) is 0 Å². The molecule has 1 N–H and O–H groups in total. The van der Waals surface area contributed by atoms with Gasteiger partial charge in [-0.25, -0.2) is 0 Å². The average molecular weight is 196 g/mol. The average Bonchev–Trinajstić information content (AvgIpc) is 2.08. The van der Waals surface area contributed by atoms with Crippen molar-refractivity contribution in [1.82, 2.24) is 0 Å². The van der Waals surface area contributed by atoms with Gasteiger partial charge in [0.2, 0.25) is 0 Å². The molecule has 0 saturated heterocycles. The standard InChI is InChI=1S/C13H24O/c1-9(2)7-13(14)12-8-10(3)5-6-11(12)4/h5-6,9-14H,7-8H2,1-4H3. The lowest BCUT2D eigenvalue weighted by atomic mass is 9.76. The molecule has 1 heteroatoms. The second-order valence-electron chi connectivity index (χ2n) is 5.32. The van der Waals surface area contributed by atoms with Crippen molar-refractivity contribution < 1.29 is 5.11 Å². The first-order valence-electron chi connectivity index (χ1n) is 5.87. The van der Waals surface area contributed by atoms with Crippen molar-refractivity contribution >= 4 is 0 Å². The minimum atomic E-state index is -0.114. The van der Waals surface area contributed by atoms with Crippen molar-refractivity contribution in [2.75, 3.05) is 0 Å². The number of allylic oxidation sites excluding steroid dienone is 2. The molecule has 0 amide bonds. The molecule has 0 bridgehead atoms. The largest absolute Gasteiger partial charge is 0.393 e. The first kappa shape index (κ1) is 11.8. The maximum absolute atomic E-state index is 10.1. The zero-order valence-corrected chi connectivity index (χ0v) is 9.90. The van der Waals surface area contributed by atoms with Crippen LogP contribution >= 0.6 is 0 Å². The Balaban J connectivity index is 2.54. The van der Waals surface area contributed by atoms with Gasteiger partial charge < -0.3 is 5.11 Å². The Bertz CT molecular complexity index is 195. The summed E-state index contributed by atoms with van der Waals surface area (Å²) in [5.74, 6) is 2.24. The van der Waals surface area contributed by atoms with Crippen LogP contribution in [0.25, 0.3) is 0 Å². The molecule has 1 aliphatic carbocycles. The van der Waals surface area contributed by atoms with Crippen molar-refractivity contribution in [3.05, 3.63) is 12.2 Å². The summed E-state index contributed by atoms with van der Waals surface area (Å²) in [6.45, 7) is 8.81. The van der Waals surface area contributed by atoms with E-state index in [9.17, 15) is 5.11 Å². The normalized spacial score (nSPS) is 34.9. The Hall–Kier alpha value is -0.300. The molecule has 0 spiro atoms. The molecule has 0 aliphatic heterocycles. The van der Waals surface area contributed by atoms with Crippen molar-refractivity contribution in [2.24, 2.45) is 23.7 Å². The fourth-order valence-electron chi connectivity index (χ4n) is 2.40. The van der Waals surface area contributed by atoms with E-state index >= 15 is 0 Å². The zero-order valence-electron chi connectivity index (χ0n) is 9.90. The lowest BCUT2D eigenvalue weighted by Crippen LogP contribution is -2.30. The van der Waals surface area contributed by atoms with Gasteiger partial charge >= 0.3 is 0 Å². The van der Waals surface area contributed by atoms with E-state index in [-0.39, 0.29) is 6.10 Å². The maximum Gasteiger partial charge on any atom is 0.0576 e. The molecular weight excluding hydrogens is 172 g/mol. The van der Waals surface area contributed by atoms with Gasteiger partial charge in [-0.3, -0.25) is 0 Å². The van der Waals surface area contributed by atoms with Crippen LogP contribution in [0.5, 0.6) is 0 Å². The molecule has 0 heterocycles. The lowest BCUT2D eigenvalue weighted by molar-refractivity contribution is 0.0554. The predicted octanol–water partition coefficient (Wildman–Crippen LogP) is 3.24. The first-order valence-corrected chi connectivity index (χ1v) is 5.87. The Morgan fingerprint density at radius 2 is 1.93 bits per heavy atom. The second kappa shape index (κ2) is 4.97. The second-order valence-corrected chi connectivity index (χ2v) is 5.32. The monoisotopic (exact) mass is 196 g/mol. The first-order chi connectivity index (χ1) is 6.50. The summed E-state index contributed by atoms with van der Waals surface area (Å²) in [6, 6.07) is 0. The van der Waals surface area contributed by atoms with E-state index < -0.39 is 0 Å². The summed E-state index contributed by atoms with van der Waals surface area (Å²) in [7, 11) is 0. The highest BCUT2D eigenvalue weighted by Gasteiger charge is 2.28. The Morgan fingerprint density at radius 3 is 2.50 bits per heavy atom. The van der Waals surface area contributed by atoms with Crippen LogP contribution in [0.15, 0.2) is 12.2 Å². The highest BCUT2D eigenvalue weighted by Crippen LogP contribution is 2.32. The number of rotatable bonds is 3.